The minimum Gasteiger partial charge on any atom is -0.394 e. The molecule has 3 rings (SSSR count). The lowest BCUT2D eigenvalue weighted by Gasteiger charge is -2.17. The van der Waals surface area contributed by atoms with Crippen LogP contribution >= 0.6 is 12.6 Å². The van der Waals surface area contributed by atoms with Crippen LogP contribution in [-0.4, -0.2) is 59.8 Å². The number of nitrogens with one attached hydrogen (secondary N) is 1. The van der Waals surface area contributed by atoms with Crippen LogP contribution in [0.5, 0.6) is 0 Å². The molecule has 0 saturated carbocycles. The minimum absolute atomic E-state index is 0.0214. The Morgan fingerprint density at radius 2 is 2.10 bits per heavy atom. The number of nitrogens with two attached hydrogens (primary N) is 1. The summed E-state index contributed by atoms with van der Waals surface area (Å²) in [7, 11) is 0. The number of H-pyrrole nitrogens is 1. The fourth-order valence-corrected chi connectivity index (χ4v) is 2.63. The maximum atomic E-state index is 11.8. The number of aromatic nitrogens is 4. The minimum atomic E-state index is -1.34. The molecule has 6 N–H and O–H groups in total. The summed E-state index contributed by atoms with van der Waals surface area (Å²) in [6.45, 7) is -0.473. The van der Waals surface area contributed by atoms with Crippen molar-refractivity contribution in [3.05, 3.63) is 10.4 Å². The number of aromatic amines is 1. The van der Waals surface area contributed by atoms with Crippen molar-refractivity contribution < 1.29 is 20.1 Å². The molecule has 1 aliphatic rings. The molecule has 10 nitrogen and oxygen atoms in total. The van der Waals surface area contributed by atoms with Gasteiger partial charge in [0.15, 0.2) is 22.5 Å². The molecule has 0 aliphatic carbocycles. The summed E-state index contributed by atoms with van der Waals surface area (Å²) in [5, 5.41) is 29.0. The summed E-state index contributed by atoms with van der Waals surface area (Å²) < 4.78 is 6.62. The van der Waals surface area contributed by atoms with E-state index in [0.717, 1.165) is 0 Å². The normalized spacial score (nSPS) is 29.3. The number of nitrogens with zero attached hydrogens (tertiary/aromatic N) is 3. The average molecular weight is 315 g/mol. The fraction of sp³-hybridized carbons (Fsp3) is 0.500. The van der Waals surface area contributed by atoms with Crippen molar-refractivity contribution in [1.82, 2.24) is 19.5 Å². The van der Waals surface area contributed by atoms with E-state index in [4.69, 9.17) is 15.6 Å². The first-order valence-electron chi connectivity index (χ1n) is 6.03. The van der Waals surface area contributed by atoms with Gasteiger partial charge in [0, 0.05) is 0 Å². The van der Waals surface area contributed by atoms with Crippen molar-refractivity contribution in [3.63, 3.8) is 0 Å². The Bertz CT molecular complexity index is 745. The summed E-state index contributed by atoms with van der Waals surface area (Å²) in [5.74, 6) is -0.131. The van der Waals surface area contributed by atoms with E-state index in [1.54, 1.807) is 0 Å². The molecule has 11 heteroatoms. The van der Waals surface area contributed by atoms with E-state index in [0.29, 0.717) is 0 Å². The van der Waals surface area contributed by atoms with Crippen LogP contribution in [0, 0.1) is 0 Å². The van der Waals surface area contributed by atoms with Crippen LogP contribution in [0.3, 0.4) is 0 Å². The lowest BCUT2D eigenvalue weighted by molar-refractivity contribution is -0.0547. The third-order valence-electron chi connectivity index (χ3n) is 3.32. The second kappa shape index (κ2) is 4.96. The van der Waals surface area contributed by atoms with Gasteiger partial charge in [-0.3, -0.25) is 14.3 Å². The maximum absolute atomic E-state index is 11.8. The first kappa shape index (κ1) is 14.3. The zero-order valence-corrected chi connectivity index (χ0v) is 11.4. The molecular formula is C10H13N5O5S. The molecule has 0 radical (unpaired) electrons. The number of aliphatic hydroxyl groups excluding tert-OH is 3. The molecule has 4 atom stereocenters. The van der Waals surface area contributed by atoms with Crippen LogP contribution in [0.25, 0.3) is 11.2 Å². The number of hydrogen-bond acceptors (Lipinski definition) is 9. The monoisotopic (exact) mass is 315 g/mol. The van der Waals surface area contributed by atoms with E-state index >= 15 is 0 Å². The van der Waals surface area contributed by atoms with E-state index in [2.05, 4.69) is 27.6 Å². The Labute approximate surface area is 122 Å². The first-order chi connectivity index (χ1) is 9.93. The van der Waals surface area contributed by atoms with Gasteiger partial charge in [-0.2, -0.15) is 4.98 Å². The topological polar surface area (TPSA) is 160 Å². The molecule has 21 heavy (non-hydrogen) atoms. The summed E-state index contributed by atoms with van der Waals surface area (Å²) in [5.41, 5.74) is 4.98. The van der Waals surface area contributed by atoms with Crippen molar-refractivity contribution in [3.8, 4) is 0 Å². The molecule has 1 saturated heterocycles. The molecule has 2 aromatic heterocycles. The van der Waals surface area contributed by atoms with E-state index in [-0.39, 0.29) is 22.3 Å². The smallest absolute Gasteiger partial charge is 0.280 e. The molecule has 2 aromatic rings. The molecule has 0 spiro atoms. The Morgan fingerprint density at radius 1 is 1.38 bits per heavy atom. The van der Waals surface area contributed by atoms with Crippen LogP contribution in [0.2, 0.25) is 0 Å². The molecular weight excluding hydrogens is 302 g/mol. The van der Waals surface area contributed by atoms with Gasteiger partial charge < -0.3 is 25.8 Å². The largest absolute Gasteiger partial charge is 0.394 e. The van der Waals surface area contributed by atoms with Crippen LogP contribution in [0.15, 0.2) is 9.95 Å². The molecule has 0 amide bonds. The van der Waals surface area contributed by atoms with E-state index < -0.39 is 36.7 Å². The van der Waals surface area contributed by atoms with E-state index in [1.165, 1.54) is 4.57 Å². The number of fused-ring (bicyclic) bond motifs is 1. The molecule has 3 heterocycles. The number of hydrogen-bond donors (Lipinski definition) is 6. The Kier molecular flexibility index (Phi) is 3.37. The SMILES string of the molecule is Nc1nc2c(nc(S)n2[C@H]2O[C@@H](CO)C(O)C2O)c(=O)[nH]1. The van der Waals surface area contributed by atoms with Crippen molar-refractivity contribution >= 4 is 29.7 Å². The molecule has 0 bridgehead atoms. The number of rotatable bonds is 2. The predicted molar refractivity (Wildman–Crippen MR) is 72.8 cm³/mol. The van der Waals surface area contributed by atoms with Crippen LogP contribution in [0.4, 0.5) is 5.95 Å². The first-order valence-corrected chi connectivity index (χ1v) is 6.48. The Balaban J connectivity index is 2.17. The van der Waals surface area contributed by atoms with Gasteiger partial charge in [-0.1, -0.05) is 0 Å². The molecule has 114 valence electrons. The Hall–Kier alpha value is -1.66. The zero-order valence-electron chi connectivity index (χ0n) is 10.5. The fourth-order valence-electron chi connectivity index (χ4n) is 2.32. The second-order valence-corrected chi connectivity index (χ2v) is 5.03. The van der Waals surface area contributed by atoms with Crippen molar-refractivity contribution in [2.24, 2.45) is 0 Å². The lowest BCUT2D eigenvalue weighted by Crippen LogP contribution is -2.33. The molecule has 2 unspecified atom stereocenters. The van der Waals surface area contributed by atoms with Gasteiger partial charge in [0.25, 0.3) is 5.56 Å². The highest BCUT2D eigenvalue weighted by Gasteiger charge is 2.44. The van der Waals surface area contributed by atoms with Gasteiger partial charge in [-0.25, -0.2) is 4.98 Å². The van der Waals surface area contributed by atoms with Crippen molar-refractivity contribution in [2.45, 2.75) is 29.7 Å². The highest BCUT2D eigenvalue weighted by atomic mass is 32.1. The highest BCUT2D eigenvalue weighted by molar-refractivity contribution is 7.80. The lowest BCUT2D eigenvalue weighted by atomic mass is 10.1. The summed E-state index contributed by atoms with van der Waals surface area (Å²) in [4.78, 5) is 22.0. The predicted octanol–water partition coefficient (Wildman–Crippen LogP) is -2.40. The number of thiol groups is 1. The molecule has 1 fully saturated rings. The number of nitrogen functional groups attached to an aromatic ring is 1. The van der Waals surface area contributed by atoms with Gasteiger partial charge in [-0.05, 0) is 0 Å². The quantitative estimate of drug-likeness (QED) is 0.334. The van der Waals surface area contributed by atoms with E-state index in [9.17, 15) is 15.0 Å². The molecule has 1 aliphatic heterocycles. The maximum Gasteiger partial charge on any atom is 0.280 e. The van der Waals surface area contributed by atoms with Gasteiger partial charge in [0.1, 0.15) is 18.3 Å². The zero-order chi connectivity index (χ0) is 15.3. The number of aliphatic hydroxyl groups is 3. The highest BCUT2D eigenvalue weighted by Crippen LogP contribution is 2.33. The average Bonchev–Trinajstić information content (AvgIpc) is 2.89. The summed E-state index contributed by atoms with van der Waals surface area (Å²) in [6.07, 6.45) is -4.69. The van der Waals surface area contributed by atoms with Crippen LogP contribution in [-0.2, 0) is 4.74 Å². The van der Waals surface area contributed by atoms with Crippen LogP contribution in [0.1, 0.15) is 6.23 Å². The standard InChI is InChI=1S/C10H13N5O5S/c11-9-13-6-3(7(19)14-9)12-10(21)15(6)8-5(18)4(17)2(1-16)20-8/h2,4-5,8,16-18H,1H2,(H,12,21)(H3,11,13,14,19)/t2-,4?,5?,8-/m0/s1. The van der Waals surface area contributed by atoms with Gasteiger partial charge in [-0.15, -0.1) is 12.6 Å². The van der Waals surface area contributed by atoms with Gasteiger partial charge in [0.2, 0.25) is 5.95 Å². The van der Waals surface area contributed by atoms with E-state index in [1.807, 2.05) is 0 Å². The third-order valence-corrected chi connectivity index (χ3v) is 3.64. The number of anilines is 1. The number of imidazole rings is 1. The molecule has 0 aromatic carbocycles. The van der Waals surface area contributed by atoms with Crippen molar-refractivity contribution in [2.75, 3.05) is 12.3 Å². The Morgan fingerprint density at radius 3 is 2.71 bits per heavy atom. The van der Waals surface area contributed by atoms with Crippen LogP contribution < -0.4 is 11.3 Å². The number of ether oxygens (including phenoxy) is 1. The van der Waals surface area contributed by atoms with Gasteiger partial charge >= 0.3 is 0 Å². The summed E-state index contributed by atoms with van der Waals surface area (Å²) in [6, 6.07) is 0. The third kappa shape index (κ3) is 2.10. The van der Waals surface area contributed by atoms with Crippen molar-refractivity contribution in [1.29, 1.82) is 0 Å². The summed E-state index contributed by atoms with van der Waals surface area (Å²) >= 11 is 4.12. The van der Waals surface area contributed by atoms with Gasteiger partial charge in [0.05, 0.1) is 6.61 Å². The second-order valence-electron chi connectivity index (χ2n) is 4.63.